The molecule has 28 heavy (non-hydrogen) atoms. The number of benzene rings is 1. The molecular formula is C20H15FN6O. The van der Waals surface area contributed by atoms with Gasteiger partial charge in [-0.05, 0) is 36.4 Å². The standard InChI is InChI=1S/C20H15FN6O/c1-12-25-26-17(28-12)10-27-11-24-18(13-2-4-14(21)5-3-13)19(27)15-6-8-22-20-16(15)7-9-23-20/h2-9,11H,10H2,1H3,(H,22,23). The van der Waals surface area contributed by atoms with Crippen LogP contribution in [0.4, 0.5) is 4.39 Å². The van der Waals surface area contributed by atoms with Crippen LogP contribution in [0.3, 0.4) is 0 Å². The van der Waals surface area contributed by atoms with Crippen molar-refractivity contribution in [2.24, 2.45) is 0 Å². The Hall–Kier alpha value is -3.81. The van der Waals surface area contributed by atoms with Gasteiger partial charge in [-0.2, -0.15) is 0 Å². The van der Waals surface area contributed by atoms with E-state index in [2.05, 4.69) is 25.1 Å². The summed E-state index contributed by atoms with van der Waals surface area (Å²) in [6.45, 7) is 2.13. The van der Waals surface area contributed by atoms with E-state index in [-0.39, 0.29) is 5.82 Å². The zero-order valence-electron chi connectivity index (χ0n) is 14.9. The SMILES string of the molecule is Cc1nnc(Cn2cnc(-c3ccc(F)cc3)c2-c2ccnc3[nH]ccc23)o1. The van der Waals surface area contributed by atoms with Crippen LogP contribution in [0, 0.1) is 12.7 Å². The van der Waals surface area contributed by atoms with Gasteiger partial charge in [0.25, 0.3) is 0 Å². The van der Waals surface area contributed by atoms with Crippen LogP contribution in [0.15, 0.2) is 59.5 Å². The van der Waals surface area contributed by atoms with Crippen molar-refractivity contribution in [3.05, 3.63) is 72.7 Å². The summed E-state index contributed by atoms with van der Waals surface area (Å²) in [5.74, 6) is 0.705. The highest BCUT2D eigenvalue weighted by Crippen LogP contribution is 2.35. The van der Waals surface area contributed by atoms with Crippen LogP contribution in [-0.2, 0) is 6.54 Å². The molecule has 4 aromatic heterocycles. The molecule has 0 saturated carbocycles. The maximum Gasteiger partial charge on any atom is 0.236 e. The van der Waals surface area contributed by atoms with Crippen LogP contribution in [0.1, 0.15) is 11.8 Å². The minimum Gasteiger partial charge on any atom is -0.424 e. The predicted molar refractivity (Wildman–Crippen MR) is 101 cm³/mol. The fourth-order valence-corrected chi connectivity index (χ4v) is 3.32. The molecule has 1 N–H and O–H groups in total. The number of aromatic amines is 1. The van der Waals surface area contributed by atoms with Gasteiger partial charge in [0.15, 0.2) is 0 Å². The summed E-state index contributed by atoms with van der Waals surface area (Å²) >= 11 is 0. The Morgan fingerprint density at radius 2 is 1.93 bits per heavy atom. The molecule has 0 bridgehead atoms. The first-order valence-corrected chi connectivity index (χ1v) is 8.71. The van der Waals surface area contributed by atoms with Gasteiger partial charge in [-0.25, -0.2) is 14.4 Å². The first-order chi connectivity index (χ1) is 13.7. The molecule has 5 aromatic rings. The van der Waals surface area contributed by atoms with Crippen LogP contribution < -0.4 is 0 Å². The molecule has 0 aliphatic heterocycles. The van der Waals surface area contributed by atoms with Crippen molar-refractivity contribution in [3.63, 3.8) is 0 Å². The normalized spacial score (nSPS) is 11.4. The second-order valence-corrected chi connectivity index (χ2v) is 6.39. The molecule has 0 spiro atoms. The number of nitrogens with zero attached hydrogens (tertiary/aromatic N) is 5. The van der Waals surface area contributed by atoms with Crippen LogP contribution in [0.5, 0.6) is 0 Å². The molecule has 0 aliphatic carbocycles. The second-order valence-electron chi connectivity index (χ2n) is 6.39. The maximum atomic E-state index is 13.4. The Morgan fingerprint density at radius 3 is 2.71 bits per heavy atom. The number of imidazole rings is 1. The van der Waals surface area contributed by atoms with E-state index in [9.17, 15) is 4.39 Å². The highest BCUT2D eigenvalue weighted by molar-refractivity contribution is 5.95. The van der Waals surface area contributed by atoms with Crippen molar-refractivity contribution in [2.45, 2.75) is 13.5 Å². The van der Waals surface area contributed by atoms with E-state index >= 15 is 0 Å². The van der Waals surface area contributed by atoms with Crippen LogP contribution in [-0.4, -0.2) is 29.7 Å². The topological polar surface area (TPSA) is 85.4 Å². The number of fused-ring (bicyclic) bond motifs is 1. The largest absolute Gasteiger partial charge is 0.424 e. The smallest absolute Gasteiger partial charge is 0.236 e. The average molecular weight is 374 g/mol. The Morgan fingerprint density at radius 1 is 1.07 bits per heavy atom. The summed E-state index contributed by atoms with van der Waals surface area (Å²) in [6.07, 6.45) is 5.32. The van der Waals surface area contributed by atoms with Gasteiger partial charge >= 0.3 is 0 Å². The van der Waals surface area contributed by atoms with Gasteiger partial charge in [-0.15, -0.1) is 10.2 Å². The number of aryl methyl sites for hydroxylation is 1. The van der Waals surface area contributed by atoms with Crippen molar-refractivity contribution in [1.29, 1.82) is 0 Å². The van der Waals surface area contributed by atoms with Crippen LogP contribution >= 0.6 is 0 Å². The van der Waals surface area contributed by atoms with E-state index in [1.54, 1.807) is 31.6 Å². The summed E-state index contributed by atoms with van der Waals surface area (Å²) in [5, 5.41) is 8.95. The van der Waals surface area contributed by atoms with E-state index in [1.807, 2.05) is 22.9 Å². The number of aromatic nitrogens is 6. The molecule has 4 heterocycles. The summed E-state index contributed by atoms with van der Waals surface area (Å²) < 4.78 is 20.9. The van der Waals surface area contributed by atoms with Gasteiger partial charge < -0.3 is 14.0 Å². The fraction of sp³-hybridized carbons (Fsp3) is 0.100. The van der Waals surface area contributed by atoms with Crippen LogP contribution in [0.25, 0.3) is 33.5 Å². The van der Waals surface area contributed by atoms with Gasteiger partial charge in [0.2, 0.25) is 11.8 Å². The van der Waals surface area contributed by atoms with E-state index in [0.29, 0.717) is 18.3 Å². The molecule has 8 heteroatoms. The molecule has 0 radical (unpaired) electrons. The third-order valence-electron chi connectivity index (χ3n) is 4.54. The molecule has 7 nitrogen and oxygen atoms in total. The van der Waals surface area contributed by atoms with E-state index < -0.39 is 0 Å². The third-order valence-corrected chi connectivity index (χ3v) is 4.54. The first-order valence-electron chi connectivity index (χ1n) is 8.71. The van der Waals surface area contributed by atoms with Crippen molar-refractivity contribution in [3.8, 4) is 22.5 Å². The lowest BCUT2D eigenvalue weighted by atomic mass is 10.0. The Bertz CT molecular complexity index is 1270. The molecule has 0 amide bonds. The highest BCUT2D eigenvalue weighted by Gasteiger charge is 2.19. The van der Waals surface area contributed by atoms with Gasteiger partial charge in [0.05, 0.1) is 17.7 Å². The van der Waals surface area contributed by atoms with E-state index in [4.69, 9.17) is 4.42 Å². The second kappa shape index (κ2) is 6.41. The zero-order chi connectivity index (χ0) is 19.1. The molecule has 1 aromatic carbocycles. The van der Waals surface area contributed by atoms with Crippen molar-refractivity contribution in [2.75, 3.05) is 0 Å². The number of hydrogen-bond acceptors (Lipinski definition) is 5. The summed E-state index contributed by atoms with van der Waals surface area (Å²) in [4.78, 5) is 12.1. The molecule has 0 aliphatic rings. The predicted octanol–water partition coefficient (Wildman–Crippen LogP) is 3.97. The van der Waals surface area contributed by atoms with E-state index in [0.717, 1.165) is 33.5 Å². The number of hydrogen-bond donors (Lipinski definition) is 1. The summed E-state index contributed by atoms with van der Waals surface area (Å²) in [5.41, 5.74) is 4.17. The maximum absolute atomic E-state index is 13.4. The lowest BCUT2D eigenvalue weighted by molar-refractivity contribution is 0.455. The van der Waals surface area contributed by atoms with Crippen molar-refractivity contribution >= 4 is 11.0 Å². The van der Waals surface area contributed by atoms with Gasteiger partial charge in [-0.3, -0.25) is 0 Å². The number of nitrogens with one attached hydrogen (secondary N) is 1. The monoisotopic (exact) mass is 374 g/mol. The minimum absolute atomic E-state index is 0.289. The number of halogens is 1. The minimum atomic E-state index is -0.289. The highest BCUT2D eigenvalue weighted by atomic mass is 19.1. The first kappa shape index (κ1) is 16.4. The quantitative estimate of drug-likeness (QED) is 0.514. The van der Waals surface area contributed by atoms with Crippen molar-refractivity contribution in [1.82, 2.24) is 29.7 Å². The lowest BCUT2D eigenvalue weighted by Crippen LogP contribution is -2.02. The Labute approximate surface area is 158 Å². The molecule has 0 atom stereocenters. The molecule has 0 unspecified atom stereocenters. The summed E-state index contributed by atoms with van der Waals surface area (Å²) in [7, 11) is 0. The number of rotatable bonds is 4. The van der Waals surface area contributed by atoms with Gasteiger partial charge in [0, 0.05) is 35.8 Å². The van der Waals surface area contributed by atoms with Gasteiger partial charge in [0.1, 0.15) is 18.0 Å². The molecule has 138 valence electrons. The summed E-state index contributed by atoms with van der Waals surface area (Å²) in [6, 6.07) is 10.2. The Balaban J connectivity index is 1.72. The van der Waals surface area contributed by atoms with Gasteiger partial charge in [-0.1, -0.05) is 0 Å². The lowest BCUT2D eigenvalue weighted by Gasteiger charge is -2.10. The van der Waals surface area contributed by atoms with Crippen molar-refractivity contribution < 1.29 is 8.81 Å². The third kappa shape index (κ3) is 2.75. The van der Waals surface area contributed by atoms with E-state index in [1.165, 1.54) is 12.1 Å². The zero-order valence-corrected chi connectivity index (χ0v) is 14.9. The van der Waals surface area contributed by atoms with Crippen LogP contribution in [0.2, 0.25) is 0 Å². The average Bonchev–Trinajstić information content (AvgIpc) is 3.42. The molecule has 0 fully saturated rings. The number of H-pyrrole nitrogens is 1. The Kier molecular flexibility index (Phi) is 3.75. The molecule has 5 rings (SSSR count). The fourth-order valence-electron chi connectivity index (χ4n) is 3.32. The molecular weight excluding hydrogens is 359 g/mol. The number of pyridine rings is 1. The molecule has 0 saturated heterocycles.